The Hall–Kier alpha value is -5.03. The molecule has 0 radical (unpaired) electrons. The van der Waals surface area contributed by atoms with Gasteiger partial charge in [-0.3, -0.25) is 13.6 Å². The maximum atomic E-state index is 12.0. The van der Waals surface area contributed by atoms with E-state index in [0.29, 0.717) is 38.8 Å². The number of nitrogens with one attached hydrogen (secondary N) is 1. The van der Waals surface area contributed by atoms with Crippen LogP contribution in [-0.2, 0) is 0 Å². The third-order valence-electron chi connectivity index (χ3n) is 5.76. The number of aromatic amines is 1. The van der Waals surface area contributed by atoms with Crippen LogP contribution in [0.3, 0.4) is 0 Å². The van der Waals surface area contributed by atoms with E-state index in [0.717, 1.165) is 22.1 Å². The van der Waals surface area contributed by atoms with Crippen molar-refractivity contribution in [3.05, 3.63) is 89.1 Å². The second-order valence-electron chi connectivity index (χ2n) is 7.87. The second kappa shape index (κ2) is 7.75. The fraction of sp³-hybridized carbons (Fsp3) is 0. The number of imidazole rings is 2. The molecule has 0 fully saturated rings. The number of H-pyrrole nitrogens is 1. The predicted molar refractivity (Wildman–Crippen MR) is 135 cm³/mol. The van der Waals surface area contributed by atoms with Crippen molar-refractivity contribution in [3.8, 4) is 0 Å². The molecular weight excluding hydrogens is 480 g/mol. The fourth-order valence-electron chi connectivity index (χ4n) is 4.26. The number of halogens is 1. The quantitative estimate of drug-likeness (QED) is 0.339. The van der Waals surface area contributed by atoms with Crippen LogP contribution < -0.4 is 5.56 Å². The van der Waals surface area contributed by atoms with Gasteiger partial charge in [0.25, 0.3) is 5.56 Å². The van der Waals surface area contributed by atoms with Crippen LogP contribution in [0.15, 0.2) is 78.4 Å². The Morgan fingerprint density at radius 1 is 0.667 bits per heavy atom. The van der Waals surface area contributed by atoms with Crippen LogP contribution in [-0.4, -0.2) is 48.7 Å². The number of hydrogen-bond donors (Lipinski definition) is 1. The van der Waals surface area contributed by atoms with Gasteiger partial charge in [-0.1, -0.05) is 35.9 Å². The lowest BCUT2D eigenvalue weighted by molar-refractivity contribution is 1.10. The second-order valence-corrected chi connectivity index (χ2v) is 8.23. The van der Waals surface area contributed by atoms with Gasteiger partial charge in [-0.2, -0.15) is 0 Å². The Morgan fingerprint density at radius 3 is 2.03 bits per heavy atom. The maximum Gasteiger partial charge on any atom is 0.292 e. The van der Waals surface area contributed by atoms with Crippen LogP contribution in [0, 0.1) is 0 Å². The Kier molecular flexibility index (Phi) is 4.38. The summed E-state index contributed by atoms with van der Waals surface area (Å²) in [6, 6.07) is 15.4. The van der Waals surface area contributed by atoms with Crippen molar-refractivity contribution in [3.63, 3.8) is 0 Å². The zero-order valence-corrected chi connectivity index (χ0v) is 19.0. The number of benzene rings is 2. The summed E-state index contributed by atoms with van der Waals surface area (Å²) in [4.78, 5) is 44.1. The standard InChI is InChI=1S/C12H6ClN5.C12H7N5O/c13-10-12-17-7-3-1-2-4-9(7)18(12)11-8(16-10)5-14-6-15-11;18-12-11-15-7-3-1-2-4-9(7)17(11)10-8(16-12)5-13-6-14-10/h1-6H;1-6H,(H,16,18). The molecule has 0 aliphatic heterocycles. The molecule has 8 rings (SSSR count). The highest BCUT2D eigenvalue weighted by molar-refractivity contribution is 6.32. The average molecular weight is 493 g/mol. The fourth-order valence-corrected chi connectivity index (χ4v) is 4.48. The van der Waals surface area contributed by atoms with Gasteiger partial charge >= 0.3 is 0 Å². The summed E-state index contributed by atoms with van der Waals surface area (Å²) in [6.45, 7) is 0. The molecule has 36 heavy (non-hydrogen) atoms. The normalized spacial score (nSPS) is 11.6. The molecule has 0 unspecified atom stereocenters. The van der Waals surface area contributed by atoms with Crippen LogP contribution in [0.4, 0.5) is 0 Å². The van der Waals surface area contributed by atoms with Crippen LogP contribution in [0.25, 0.3) is 55.7 Å². The van der Waals surface area contributed by atoms with Crippen LogP contribution >= 0.6 is 11.6 Å². The first kappa shape index (κ1) is 20.4. The first-order chi connectivity index (χ1) is 17.7. The van der Waals surface area contributed by atoms with Crippen molar-refractivity contribution < 1.29 is 0 Å². The van der Waals surface area contributed by atoms with Gasteiger partial charge in [0.05, 0.1) is 34.5 Å². The van der Waals surface area contributed by atoms with E-state index in [9.17, 15) is 4.79 Å². The first-order valence-electron chi connectivity index (χ1n) is 10.8. The monoisotopic (exact) mass is 492 g/mol. The van der Waals surface area contributed by atoms with Gasteiger partial charge in [-0.05, 0) is 24.3 Å². The summed E-state index contributed by atoms with van der Waals surface area (Å²) in [7, 11) is 0. The molecule has 0 atom stereocenters. The summed E-state index contributed by atoms with van der Waals surface area (Å²) < 4.78 is 3.66. The van der Waals surface area contributed by atoms with Crippen molar-refractivity contribution in [1.29, 1.82) is 0 Å². The smallest absolute Gasteiger partial charge is 0.292 e. The maximum absolute atomic E-state index is 12.0. The van der Waals surface area contributed by atoms with E-state index in [1.807, 2.05) is 52.9 Å². The van der Waals surface area contributed by atoms with E-state index >= 15 is 0 Å². The van der Waals surface area contributed by atoms with Gasteiger partial charge in [-0.25, -0.2) is 34.9 Å². The van der Waals surface area contributed by atoms with E-state index < -0.39 is 0 Å². The predicted octanol–water partition coefficient (Wildman–Crippen LogP) is 3.60. The van der Waals surface area contributed by atoms with Gasteiger partial charge in [-0.15, -0.1) is 0 Å². The van der Waals surface area contributed by atoms with Crippen molar-refractivity contribution in [2.75, 3.05) is 0 Å². The van der Waals surface area contributed by atoms with Crippen LogP contribution in [0.5, 0.6) is 0 Å². The lowest BCUT2D eigenvalue weighted by Crippen LogP contribution is -2.11. The minimum Gasteiger partial charge on any atom is -0.315 e. The Balaban J connectivity index is 0.000000122. The van der Waals surface area contributed by atoms with E-state index in [4.69, 9.17) is 11.6 Å². The molecule has 6 heterocycles. The minimum atomic E-state index is -0.242. The molecule has 0 aliphatic carbocycles. The van der Waals surface area contributed by atoms with Crippen molar-refractivity contribution >= 4 is 67.3 Å². The van der Waals surface area contributed by atoms with Gasteiger partial charge in [0.1, 0.15) is 23.7 Å². The summed E-state index contributed by atoms with van der Waals surface area (Å²) in [5.74, 6) is 0. The Labute approximate surface area is 205 Å². The molecule has 11 nitrogen and oxygen atoms in total. The molecule has 6 aromatic heterocycles. The molecule has 0 saturated heterocycles. The largest absolute Gasteiger partial charge is 0.315 e. The van der Waals surface area contributed by atoms with Gasteiger partial charge in [0, 0.05) is 0 Å². The molecule has 172 valence electrons. The number of nitrogens with zero attached hydrogens (tertiary/aromatic N) is 9. The zero-order valence-electron chi connectivity index (χ0n) is 18.2. The molecule has 0 aliphatic rings. The highest BCUT2D eigenvalue weighted by Crippen LogP contribution is 2.24. The number of para-hydroxylation sites is 4. The molecule has 2 aromatic carbocycles. The van der Waals surface area contributed by atoms with E-state index in [-0.39, 0.29) is 5.56 Å². The molecule has 8 aromatic rings. The van der Waals surface area contributed by atoms with Crippen molar-refractivity contribution in [2.45, 2.75) is 0 Å². The lowest BCUT2D eigenvalue weighted by Gasteiger charge is -2.01. The number of rotatable bonds is 0. The summed E-state index contributed by atoms with van der Waals surface area (Å²) >= 11 is 6.16. The van der Waals surface area contributed by atoms with Crippen LogP contribution in [0.2, 0.25) is 5.15 Å². The van der Waals surface area contributed by atoms with Gasteiger partial charge < -0.3 is 4.98 Å². The average Bonchev–Trinajstić information content (AvgIpc) is 3.50. The third kappa shape index (κ3) is 3.00. The van der Waals surface area contributed by atoms with Gasteiger partial charge in [0.15, 0.2) is 22.1 Å². The molecule has 0 saturated carbocycles. The van der Waals surface area contributed by atoms with E-state index in [1.165, 1.54) is 12.7 Å². The summed E-state index contributed by atoms with van der Waals surface area (Å²) in [6.07, 6.45) is 6.17. The first-order valence-corrected chi connectivity index (χ1v) is 11.2. The molecular formula is C24H13ClN10O. The number of hydrogen-bond acceptors (Lipinski definition) is 8. The summed E-state index contributed by atoms with van der Waals surface area (Å²) in [5, 5.41) is 0.355. The topological polar surface area (TPSA) is 132 Å². The third-order valence-corrected chi connectivity index (χ3v) is 6.02. The SMILES string of the molecule is Clc1nc2cncnc2n2c1nc1ccccc12.O=c1[nH]c2cncnc2n2c1nc1ccccc12. The molecule has 0 bridgehead atoms. The minimum absolute atomic E-state index is 0.242. The molecule has 12 heteroatoms. The summed E-state index contributed by atoms with van der Waals surface area (Å²) in [5.41, 5.74) is 6.78. The number of aromatic nitrogens is 10. The molecule has 0 amide bonds. The highest BCUT2D eigenvalue weighted by Gasteiger charge is 2.13. The zero-order chi connectivity index (χ0) is 24.2. The van der Waals surface area contributed by atoms with Crippen molar-refractivity contribution in [2.24, 2.45) is 0 Å². The Morgan fingerprint density at radius 2 is 1.28 bits per heavy atom. The molecule has 0 spiro atoms. The number of fused-ring (bicyclic) bond motifs is 10. The van der Waals surface area contributed by atoms with Crippen molar-refractivity contribution in [1.82, 2.24) is 48.7 Å². The van der Waals surface area contributed by atoms with Gasteiger partial charge in [0.2, 0.25) is 5.65 Å². The van der Waals surface area contributed by atoms with Crippen LogP contribution in [0.1, 0.15) is 0 Å². The van der Waals surface area contributed by atoms with E-state index in [1.54, 1.807) is 16.8 Å². The molecule has 1 N–H and O–H groups in total. The Bertz CT molecular complexity index is 2160. The van der Waals surface area contributed by atoms with E-state index in [2.05, 4.69) is 39.9 Å². The lowest BCUT2D eigenvalue weighted by atomic mass is 10.3. The highest BCUT2D eigenvalue weighted by atomic mass is 35.5.